The Morgan fingerprint density at radius 3 is 1.91 bits per heavy atom. The molecule has 0 fully saturated rings. The molecule has 3 rings (SSSR count). The summed E-state index contributed by atoms with van der Waals surface area (Å²) in [6, 6.07) is 23.7. The van der Waals surface area contributed by atoms with E-state index in [4.69, 9.17) is 14.2 Å². The molecule has 0 bridgehead atoms. The summed E-state index contributed by atoms with van der Waals surface area (Å²) in [5.74, 6) is 1.03. The van der Waals surface area contributed by atoms with Gasteiger partial charge in [0, 0.05) is 37.7 Å². The molecule has 0 saturated heterocycles. The van der Waals surface area contributed by atoms with Crippen LogP contribution in [-0.4, -0.2) is 50.1 Å². The van der Waals surface area contributed by atoms with Crippen LogP contribution in [0.2, 0.25) is 0 Å². The molecule has 0 heterocycles. The van der Waals surface area contributed by atoms with Gasteiger partial charge in [-0.15, -0.1) is 0 Å². The predicted octanol–water partition coefficient (Wildman–Crippen LogP) is 3.86. The van der Waals surface area contributed by atoms with Gasteiger partial charge >= 0.3 is 0 Å². The number of benzene rings is 3. The quantitative estimate of drug-likeness (QED) is 0.430. The normalized spacial score (nSPS) is 11.3. The van der Waals surface area contributed by atoms with E-state index < -0.39 is 6.04 Å². The second-order valence-corrected chi connectivity index (χ2v) is 7.94. The van der Waals surface area contributed by atoms with Crippen molar-refractivity contribution in [1.82, 2.24) is 10.2 Å². The third-order valence-electron chi connectivity index (χ3n) is 5.51. The maximum Gasteiger partial charge on any atom is 0.261 e. The first-order valence-electron chi connectivity index (χ1n) is 11.5. The predicted molar refractivity (Wildman–Crippen MR) is 135 cm³/mol. The van der Waals surface area contributed by atoms with Crippen LogP contribution in [0, 0.1) is 0 Å². The number of rotatable bonds is 12. The van der Waals surface area contributed by atoms with Gasteiger partial charge in [0.15, 0.2) is 6.61 Å². The summed E-state index contributed by atoms with van der Waals surface area (Å²) >= 11 is 0. The fraction of sp³-hybridized carbons (Fsp3) is 0.286. The number of methoxy groups -OCH3 is 2. The summed E-state index contributed by atoms with van der Waals surface area (Å²) in [4.78, 5) is 28.3. The van der Waals surface area contributed by atoms with Crippen molar-refractivity contribution in [2.24, 2.45) is 0 Å². The van der Waals surface area contributed by atoms with Crippen molar-refractivity contribution in [1.29, 1.82) is 0 Å². The molecule has 1 N–H and O–H groups in total. The lowest BCUT2D eigenvalue weighted by Crippen LogP contribution is -2.51. The highest BCUT2D eigenvalue weighted by molar-refractivity contribution is 5.88. The highest BCUT2D eigenvalue weighted by Gasteiger charge is 2.30. The van der Waals surface area contributed by atoms with Crippen LogP contribution in [0.1, 0.15) is 18.1 Å². The van der Waals surface area contributed by atoms with Crippen molar-refractivity contribution in [3.05, 3.63) is 90.0 Å². The zero-order valence-corrected chi connectivity index (χ0v) is 20.4. The van der Waals surface area contributed by atoms with Crippen molar-refractivity contribution < 1.29 is 23.8 Å². The fourth-order valence-electron chi connectivity index (χ4n) is 3.72. The lowest BCUT2D eigenvalue weighted by Gasteiger charge is -2.31. The molecule has 7 nitrogen and oxygen atoms in total. The van der Waals surface area contributed by atoms with Crippen molar-refractivity contribution in [2.75, 3.05) is 27.4 Å². The van der Waals surface area contributed by atoms with E-state index in [0.717, 1.165) is 11.1 Å². The number of ether oxygens (including phenoxy) is 3. The molecular weight excluding hydrogens is 444 g/mol. The number of likely N-dealkylation sites (N-methyl/N-ethyl adjacent to an activating group) is 1. The average molecular weight is 477 g/mol. The number of amides is 2. The topological polar surface area (TPSA) is 77.1 Å². The van der Waals surface area contributed by atoms with Crippen molar-refractivity contribution in [3.8, 4) is 17.2 Å². The number of hydrogen-bond donors (Lipinski definition) is 1. The first kappa shape index (κ1) is 25.6. The van der Waals surface area contributed by atoms with Gasteiger partial charge in [-0.25, -0.2) is 0 Å². The van der Waals surface area contributed by atoms with Gasteiger partial charge in [0.05, 0.1) is 14.2 Å². The Kier molecular flexibility index (Phi) is 9.54. The summed E-state index contributed by atoms with van der Waals surface area (Å²) in [5.41, 5.74) is 1.89. The molecule has 0 saturated carbocycles. The van der Waals surface area contributed by atoms with Crippen LogP contribution in [-0.2, 0) is 22.6 Å². The number of carbonyl (C=O) groups is 2. The molecule has 7 heteroatoms. The molecule has 0 aromatic heterocycles. The molecule has 1 atom stereocenters. The van der Waals surface area contributed by atoms with Gasteiger partial charge in [-0.1, -0.05) is 60.7 Å². The molecule has 184 valence electrons. The van der Waals surface area contributed by atoms with Crippen molar-refractivity contribution in [2.45, 2.75) is 25.9 Å². The number of nitrogens with one attached hydrogen (secondary N) is 1. The number of carbonyl (C=O) groups excluding carboxylic acids is 2. The second kappa shape index (κ2) is 13.0. The number of nitrogens with zero attached hydrogens (tertiary/aromatic N) is 1. The smallest absolute Gasteiger partial charge is 0.261 e. The average Bonchev–Trinajstić information content (AvgIpc) is 2.90. The standard InChI is InChI=1S/C28H32N2O5/c1-4-29-28(32)26(15-21-11-7-5-8-12-21)30(19-22-13-9-6-10-14-22)27(31)20-35-25-17-23(33-2)16-24(18-25)34-3/h5-14,16-18,26H,4,15,19-20H2,1-3H3,(H,29,32)/t26-/m1/s1. The van der Waals surface area contributed by atoms with E-state index in [9.17, 15) is 9.59 Å². The van der Waals surface area contributed by atoms with Gasteiger partial charge in [-0.05, 0) is 18.1 Å². The summed E-state index contributed by atoms with van der Waals surface area (Å²) < 4.78 is 16.4. The molecule has 2 amide bonds. The largest absolute Gasteiger partial charge is 0.496 e. The monoisotopic (exact) mass is 476 g/mol. The van der Waals surface area contributed by atoms with Crippen LogP contribution in [0.4, 0.5) is 0 Å². The molecule has 0 aliphatic heterocycles. The maximum absolute atomic E-state index is 13.5. The maximum atomic E-state index is 13.5. The van der Waals surface area contributed by atoms with Gasteiger partial charge in [0.2, 0.25) is 5.91 Å². The van der Waals surface area contributed by atoms with Gasteiger partial charge in [-0.2, -0.15) is 0 Å². The Bertz CT molecular complexity index is 1070. The van der Waals surface area contributed by atoms with E-state index in [-0.39, 0.29) is 25.0 Å². The van der Waals surface area contributed by atoms with Gasteiger partial charge in [0.1, 0.15) is 23.3 Å². The van der Waals surface area contributed by atoms with E-state index in [2.05, 4.69) is 5.32 Å². The molecule has 0 unspecified atom stereocenters. The second-order valence-electron chi connectivity index (χ2n) is 7.94. The van der Waals surface area contributed by atoms with Crippen LogP contribution in [0.5, 0.6) is 17.2 Å². The minimum absolute atomic E-state index is 0.205. The van der Waals surface area contributed by atoms with Crippen LogP contribution < -0.4 is 19.5 Å². The molecule has 3 aromatic rings. The lowest BCUT2D eigenvalue weighted by atomic mass is 10.0. The van der Waals surface area contributed by atoms with Crippen LogP contribution in [0.25, 0.3) is 0 Å². The minimum Gasteiger partial charge on any atom is -0.496 e. The van der Waals surface area contributed by atoms with Crippen LogP contribution in [0.3, 0.4) is 0 Å². The highest BCUT2D eigenvalue weighted by atomic mass is 16.5. The van der Waals surface area contributed by atoms with E-state index in [1.165, 1.54) is 0 Å². The SMILES string of the molecule is CCNC(=O)[C@@H](Cc1ccccc1)N(Cc1ccccc1)C(=O)COc1cc(OC)cc(OC)c1. The molecule has 0 aliphatic carbocycles. The minimum atomic E-state index is -0.700. The summed E-state index contributed by atoms with van der Waals surface area (Å²) in [5, 5.41) is 2.88. The summed E-state index contributed by atoms with van der Waals surface area (Å²) in [6.07, 6.45) is 0.387. The van der Waals surface area contributed by atoms with Gasteiger partial charge < -0.3 is 24.4 Å². The third-order valence-corrected chi connectivity index (χ3v) is 5.51. The zero-order chi connectivity index (χ0) is 25.0. The van der Waals surface area contributed by atoms with E-state index >= 15 is 0 Å². The summed E-state index contributed by atoms with van der Waals surface area (Å²) in [6.45, 7) is 2.37. The van der Waals surface area contributed by atoms with Gasteiger partial charge in [0.25, 0.3) is 5.91 Å². The zero-order valence-electron chi connectivity index (χ0n) is 20.4. The first-order valence-corrected chi connectivity index (χ1v) is 11.5. The molecule has 0 aliphatic rings. The Balaban J connectivity index is 1.87. The third kappa shape index (κ3) is 7.50. The van der Waals surface area contributed by atoms with Crippen LogP contribution >= 0.6 is 0 Å². The lowest BCUT2D eigenvalue weighted by molar-refractivity contribution is -0.142. The van der Waals surface area contributed by atoms with E-state index in [0.29, 0.717) is 30.2 Å². The summed E-state index contributed by atoms with van der Waals surface area (Å²) in [7, 11) is 3.09. The molecule has 0 radical (unpaired) electrons. The Morgan fingerprint density at radius 2 is 1.37 bits per heavy atom. The van der Waals surface area contributed by atoms with E-state index in [1.54, 1.807) is 37.3 Å². The van der Waals surface area contributed by atoms with Crippen molar-refractivity contribution in [3.63, 3.8) is 0 Å². The molecule has 3 aromatic carbocycles. The molecular formula is C28H32N2O5. The Hall–Kier alpha value is -4.00. The van der Waals surface area contributed by atoms with Crippen LogP contribution in [0.15, 0.2) is 78.9 Å². The molecule has 35 heavy (non-hydrogen) atoms. The Morgan fingerprint density at radius 1 is 0.829 bits per heavy atom. The van der Waals surface area contributed by atoms with Crippen molar-refractivity contribution >= 4 is 11.8 Å². The molecule has 0 spiro atoms. The fourth-order valence-corrected chi connectivity index (χ4v) is 3.72. The van der Waals surface area contributed by atoms with Gasteiger partial charge in [-0.3, -0.25) is 9.59 Å². The Labute approximate surface area is 206 Å². The van der Waals surface area contributed by atoms with E-state index in [1.807, 2.05) is 67.6 Å². The highest BCUT2D eigenvalue weighted by Crippen LogP contribution is 2.27. The first-order chi connectivity index (χ1) is 17.0. The number of hydrogen-bond acceptors (Lipinski definition) is 5.